The molecule has 142 valence electrons. The van der Waals surface area contributed by atoms with Crippen molar-refractivity contribution >= 4 is 52.3 Å². The quantitative estimate of drug-likeness (QED) is 0.391. The zero-order chi connectivity index (χ0) is 18.4. The number of halogens is 2. The smallest absolute Gasteiger partial charge is 0.310 e. The van der Waals surface area contributed by atoms with Crippen LogP contribution in [0.15, 0.2) is 54.7 Å². The molecular weight excluding hydrogens is 383 g/mol. The number of anilines is 2. The van der Waals surface area contributed by atoms with Gasteiger partial charge in [0.05, 0.1) is 18.5 Å². The van der Waals surface area contributed by atoms with Crippen LogP contribution in [0.4, 0.5) is 11.4 Å². The molecule has 0 atom stereocenters. The number of esters is 1. The van der Waals surface area contributed by atoms with Crippen molar-refractivity contribution in [3.63, 3.8) is 0 Å². The number of carbonyl (C=O) groups excluding carboxylic acids is 1. The molecule has 0 unspecified atom stereocenters. The van der Waals surface area contributed by atoms with E-state index in [9.17, 15) is 4.79 Å². The summed E-state index contributed by atoms with van der Waals surface area (Å²) in [6.07, 6.45) is 3.87. The second-order valence-corrected chi connectivity index (χ2v) is 6.49. The van der Waals surface area contributed by atoms with E-state index in [1.54, 1.807) is 6.20 Å². The van der Waals surface area contributed by atoms with Gasteiger partial charge in [-0.1, -0.05) is 43.1 Å². The van der Waals surface area contributed by atoms with Crippen LogP contribution in [0.1, 0.15) is 25.3 Å². The standard InChI is InChI=1S/C21H21ClN2O2.ClH/c1-2-3-12-26-21(25)13-15-6-4-5-7-18(15)24-19-10-11-23-20-14-16(22)8-9-17(19)20;/h4-11,14H,2-3,12-13H2,1H3,(H,23,24);1H. The zero-order valence-corrected chi connectivity index (χ0v) is 16.6. The molecule has 0 bridgehead atoms. The van der Waals surface area contributed by atoms with Gasteiger partial charge in [-0.3, -0.25) is 9.78 Å². The monoisotopic (exact) mass is 404 g/mol. The minimum atomic E-state index is -0.209. The van der Waals surface area contributed by atoms with Crippen molar-refractivity contribution in [3.8, 4) is 0 Å². The lowest BCUT2D eigenvalue weighted by Crippen LogP contribution is -2.10. The molecule has 6 heteroatoms. The van der Waals surface area contributed by atoms with Gasteiger partial charge >= 0.3 is 5.97 Å². The minimum Gasteiger partial charge on any atom is -0.465 e. The number of hydrogen-bond acceptors (Lipinski definition) is 4. The number of nitrogens with one attached hydrogen (secondary N) is 1. The summed E-state index contributed by atoms with van der Waals surface area (Å²) in [7, 11) is 0. The summed E-state index contributed by atoms with van der Waals surface area (Å²) >= 11 is 6.05. The third-order valence-corrected chi connectivity index (χ3v) is 4.32. The SMILES string of the molecule is CCCCOC(=O)Cc1ccccc1Nc1ccnc2cc(Cl)ccc12.Cl. The number of benzene rings is 2. The normalized spacial score (nSPS) is 10.3. The number of ether oxygens (including phenoxy) is 1. The fourth-order valence-electron chi connectivity index (χ4n) is 2.71. The van der Waals surface area contributed by atoms with Crippen LogP contribution in [0.3, 0.4) is 0 Å². The maximum absolute atomic E-state index is 12.1. The van der Waals surface area contributed by atoms with Crippen LogP contribution in [0.5, 0.6) is 0 Å². The number of nitrogens with zero attached hydrogens (tertiary/aromatic N) is 1. The van der Waals surface area contributed by atoms with E-state index < -0.39 is 0 Å². The molecule has 0 aliphatic heterocycles. The number of aromatic nitrogens is 1. The molecule has 0 radical (unpaired) electrons. The van der Waals surface area contributed by atoms with Gasteiger partial charge in [-0.15, -0.1) is 12.4 Å². The molecule has 0 aliphatic carbocycles. The molecule has 2 aromatic carbocycles. The highest BCUT2D eigenvalue weighted by molar-refractivity contribution is 6.31. The van der Waals surface area contributed by atoms with E-state index in [1.165, 1.54) is 0 Å². The van der Waals surface area contributed by atoms with Gasteiger partial charge in [0.15, 0.2) is 0 Å². The molecule has 0 aliphatic rings. The number of hydrogen-bond donors (Lipinski definition) is 1. The summed E-state index contributed by atoms with van der Waals surface area (Å²) in [6, 6.07) is 15.3. The van der Waals surface area contributed by atoms with Gasteiger partial charge in [-0.25, -0.2) is 0 Å². The first-order valence-electron chi connectivity index (χ1n) is 8.72. The Labute approximate surface area is 170 Å². The Morgan fingerprint density at radius 1 is 1.15 bits per heavy atom. The van der Waals surface area contributed by atoms with Gasteiger partial charge in [0.2, 0.25) is 0 Å². The first kappa shape index (κ1) is 21.0. The van der Waals surface area contributed by atoms with Crippen molar-refractivity contribution in [2.75, 3.05) is 11.9 Å². The highest BCUT2D eigenvalue weighted by Crippen LogP contribution is 2.28. The third-order valence-electron chi connectivity index (χ3n) is 4.09. The average Bonchev–Trinajstić information content (AvgIpc) is 2.63. The molecule has 4 nitrogen and oxygen atoms in total. The Morgan fingerprint density at radius 2 is 1.96 bits per heavy atom. The maximum Gasteiger partial charge on any atom is 0.310 e. The molecule has 0 spiro atoms. The van der Waals surface area contributed by atoms with Crippen molar-refractivity contribution in [1.29, 1.82) is 0 Å². The first-order chi connectivity index (χ1) is 12.7. The number of rotatable bonds is 7. The summed E-state index contributed by atoms with van der Waals surface area (Å²) in [5.41, 5.74) is 3.51. The van der Waals surface area contributed by atoms with Crippen molar-refractivity contribution in [2.24, 2.45) is 0 Å². The summed E-state index contributed by atoms with van der Waals surface area (Å²) in [5, 5.41) is 5.04. The van der Waals surface area contributed by atoms with Crippen molar-refractivity contribution in [1.82, 2.24) is 4.98 Å². The van der Waals surface area contributed by atoms with E-state index in [0.29, 0.717) is 11.6 Å². The molecule has 27 heavy (non-hydrogen) atoms. The molecule has 0 fully saturated rings. The van der Waals surface area contributed by atoms with Gasteiger partial charge in [0, 0.05) is 28.0 Å². The fraction of sp³-hybridized carbons (Fsp3) is 0.238. The molecule has 0 saturated carbocycles. The molecule has 0 saturated heterocycles. The molecular formula is C21H22Cl2N2O2. The number of unbranched alkanes of at least 4 members (excludes halogenated alkanes) is 1. The topological polar surface area (TPSA) is 51.2 Å². The van der Waals surface area contributed by atoms with Crippen LogP contribution >= 0.6 is 24.0 Å². The summed E-state index contributed by atoms with van der Waals surface area (Å²) < 4.78 is 5.28. The van der Waals surface area contributed by atoms with Crippen LogP contribution in [0, 0.1) is 0 Å². The average molecular weight is 405 g/mol. The highest BCUT2D eigenvalue weighted by Gasteiger charge is 2.10. The van der Waals surface area contributed by atoms with Crippen LogP contribution in [-0.4, -0.2) is 17.6 Å². The number of pyridine rings is 1. The second kappa shape index (κ2) is 10.1. The van der Waals surface area contributed by atoms with Crippen molar-refractivity contribution in [2.45, 2.75) is 26.2 Å². The van der Waals surface area contributed by atoms with Crippen LogP contribution in [-0.2, 0) is 16.0 Å². The molecule has 1 aromatic heterocycles. The molecule has 1 N–H and O–H groups in total. The van der Waals surface area contributed by atoms with Gasteiger partial charge in [0.25, 0.3) is 0 Å². The fourth-order valence-corrected chi connectivity index (χ4v) is 2.87. The zero-order valence-electron chi connectivity index (χ0n) is 15.1. The number of carbonyl (C=O) groups is 1. The van der Waals surface area contributed by atoms with E-state index in [-0.39, 0.29) is 24.8 Å². The van der Waals surface area contributed by atoms with E-state index in [0.717, 1.165) is 40.7 Å². The molecule has 3 rings (SSSR count). The van der Waals surface area contributed by atoms with E-state index >= 15 is 0 Å². The van der Waals surface area contributed by atoms with Gasteiger partial charge in [-0.05, 0) is 42.3 Å². The van der Waals surface area contributed by atoms with Gasteiger partial charge < -0.3 is 10.1 Å². The van der Waals surface area contributed by atoms with Crippen molar-refractivity contribution in [3.05, 3.63) is 65.3 Å². The Kier molecular flexibility index (Phi) is 7.89. The van der Waals surface area contributed by atoms with E-state index in [1.807, 2.05) is 48.5 Å². The lowest BCUT2D eigenvalue weighted by Gasteiger charge is -2.13. The third kappa shape index (κ3) is 5.59. The first-order valence-corrected chi connectivity index (χ1v) is 9.10. The Bertz CT molecular complexity index is 916. The Morgan fingerprint density at radius 3 is 2.78 bits per heavy atom. The predicted octanol–water partition coefficient (Wildman–Crippen LogP) is 5.94. The van der Waals surface area contributed by atoms with Gasteiger partial charge in [0.1, 0.15) is 0 Å². The minimum absolute atomic E-state index is 0. The van der Waals surface area contributed by atoms with Crippen LogP contribution < -0.4 is 5.32 Å². The van der Waals surface area contributed by atoms with Gasteiger partial charge in [-0.2, -0.15) is 0 Å². The lowest BCUT2D eigenvalue weighted by atomic mass is 10.1. The summed E-state index contributed by atoms with van der Waals surface area (Å²) in [4.78, 5) is 16.4. The van der Waals surface area contributed by atoms with Crippen molar-refractivity contribution < 1.29 is 9.53 Å². The Balaban J connectivity index is 0.00000261. The number of para-hydroxylation sites is 1. The van der Waals surface area contributed by atoms with E-state index in [4.69, 9.17) is 16.3 Å². The predicted molar refractivity (Wildman–Crippen MR) is 113 cm³/mol. The molecule has 1 heterocycles. The summed E-state index contributed by atoms with van der Waals surface area (Å²) in [5.74, 6) is -0.209. The Hall–Kier alpha value is -2.30. The van der Waals surface area contributed by atoms with E-state index in [2.05, 4.69) is 17.2 Å². The molecule has 0 amide bonds. The highest BCUT2D eigenvalue weighted by atomic mass is 35.5. The second-order valence-electron chi connectivity index (χ2n) is 6.05. The number of fused-ring (bicyclic) bond motifs is 1. The summed E-state index contributed by atoms with van der Waals surface area (Å²) in [6.45, 7) is 2.54. The van der Waals surface area contributed by atoms with Crippen LogP contribution in [0.25, 0.3) is 10.9 Å². The largest absolute Gasteiger partial charge is 0.465 e. The molecule has 3 aromatic rings. The lowest BCUT2D eigenvalue weighted by molar-refractivity contribution is -0.142. The van der Waals surface area contributed by atoms with Crippen LogP contribution in [0.2, 0.25) is 5.02 Å². The maximum atomic E-state index is 12.1.